The molecule has 2 aromatic carbocycles. The molecule has 0 spiro atoms. The standard InChI is InChI=1S/C20H25N3O3S/c1-3-22-27(25,26)16-10-9-14(2)17(11-16)20(24)23-12-18(19(21)13-23)15-7-5-4-6-8-15/h4-11,18-19,22H,3,12-13,21H2,1-2H3/t18-,19+/m0/s1. The van der Waals surface area contributed by atoms with E-state index in [2.05, 4.69) is 4.72 Å². The van der Waals surface area contributed by atoms with Crippen LogP contribution in [0.25, 0.3) is 0 Å². The molecule has 6 nitrogen and oxygen atoms in total. The summed E-state index contributed by atoms with van der Waals surface area (Å²) in [5, 5.41) is 0. The number of carbonyl (C=O) groups excluding carboxylic acids is 1. The molecule has 3 rings (SSSR count). The van der Waals surface area contributed by atoms with Gasteiger partial charge in [-0.25, -0.2) is 13.1 Å². The molecule has 1 fully saturated rings. The maximum atomic E-state index is 13.1. The number of aryl methyl sites for hydroxylation is 1. The maximum absolute atomic E-state index is 13.1. The molecule has 0 bridgehead atoms. The summed E-state index contributed by atoms with van der Waals surface area (Å²) < 4.78 is 27.0. The van der Waals surface area contributed by atoms with Crippen LogP contribution < -0.4 is 10.5 Å². The van der Waals surface area contributed by atoms with Crippen LogP contribution in [-0.4, -0.2) is 44.9 Å². The highest BCUT2D eigenvalue weighted by Gasteiger charge is 2.34. The zero-order chi connectivity index (χ0) is 19.6. The molecule has 0 radical (unpaired) electrons. The molecular formula is C20H25N3O3S. The molecule has 2 atom stereocenters. The van der Waals surface area contributed by atoms with Crippen LogP contribution in [0.2, 0.25) is 0 Å². The third-order valence-corrected chi connectivity index (χ3v) is 6.51. The highest BCUT2D eigenvalue weighted by Crippen LogP contribution is 2.28. The van der Waals surface area contributed by atoms with E-state index in [9.17, 15) is 13.2 Å². The summed E-state index contributed by atoms with van der Waals surface area (Å²) in [7, 11) is -3.62. The molecule has 0 aromatic heterocycles. The van der Waals surface area contributed by atoms with Gasteiger partial charge in [-0.05, 0) is 30.2 Å². The molecule has 144 valence electrons. The molecule has 27 heavy (non-hydrogen) atoms. The first kappa shape index (κ1) is 19.5. The fourth-order valence-electron chi connectivity index (χ4n) is 3.49. The van der Waals surface area contributed by atoms with Crippen molar-refractivity contribution in [2.75, 3.05) is 19.6 Å². The number of carbonyl (C=O) groups is 1. The SMILES string of the molecule is CCNS(=O)(=O)c1ccc(C)c(C(=O)N2C[C@@H](N)[C@H](c3ccccc3)C2)c1. The minimum atomic E-state index is -3.62. The van der Waals surface area contributed by atoms with Crippen molar-refractivity contribution in [1.29, 1.82) is 0 Å². The van der Waals surface area contributed by atoms with Crippen molar-refractivity contribution in [2.24, 2.45) is 5.73 Å². The first-order chi connectivity index (χ1) is 12.8. The minimum Gasteiger partial charge on any atom is -0.336 e. The van der Waals surface area contributed by atoms with E-state index in [1.54, 1.807) is 17.9 Å². The normalized spacial score (nSPS) is 20.0. The lowest BCUT2D eigenvalue weighted by Gasteiger charge is -2.18. The minimum absolute atomic E-state index is 0.0733. The van der Waals surface area contributed by atoms with Gasteiger partial charge in [0.05, 0.1) is 4.90 Å². The van der Waals surface area contributed by atoms with Crippen LogP contribution in [0.5, 0.6) is 0 Å². The predicted molar refractivity (Wildman–Crippen MR) is 105 cm³/mol. The first-order valence-electron chi connectivity index (χ1n) is 9.03. The Morgan fingerprint density at radius 2 is 1.89 bits per heavy atom. The maximum Gasteiger partial charge on any atom is 0.254 e. The number of sulfonamides is 1. The second kappa shape index (κ2) is 7.80. The van der Waals surface area contributed by atoms with Crippen molar-refractivity contribution >= 4 is 15.9 Å². The van der Waals surface area contributed by atoms with Gasteiger partial charge in [0.1, 0.15) is 0 Å². The summed E-state index contributed by atoms with van der Waals surface area (Å²) in [5.74, 6) is -0.112. The van der Waals surface area contributed by atoms with Crippen molar-refractivity contribution in [3.63, 3.8) is 0 Å². The molecule has 0 saturated carbocycles. The van der Waals surface area contributed by atoms with Gasteiger partial charge in [-0.3, -0.25) is 4.79 Å². The van der Waals surface area contributed by atoms with Crippen LogP contribution in [0.4, 0.5) is 0 Å². The Morgan fingerprint density at radius 1 is 1.19 bits per heavy atom. The monoisotopic (exact) mass is 387 g/mol. The van der Waals surface area contributed by atoms with Gasteiger partial charge in [-0.1, -0.05) is 43.3 Å². The molecule has 7 heteroatoms. The Balaban J connectivity index is 1.86. The Bertz CT molecular complexity index is 929. The number of nitrogens with zero attached hydrogens (tertiary/aromatic N) is 1. The average molecular weight is 388 g/mol. The molecular weight excluding hydrogens is 362 g/mol. The highest BCUT2D eigenvalue weighted by atomic mass is 32.2. The molecule has 1 heterocycles. The Morgan fingerprint density at radius 3 is 2.56 bits per heavy atom. The Hall–Kier alpha value is -2.22. The number of rotatable bonds is 5. The predicted octanol–water partition coefficient (Wildman–Crippen LogP) is 1.86. The van der Waals surface area contributed by atoms with Crippen LogP contribution >= 0.6 is 0 Å². The lowest BCUT2D eigenvalue weighted by atomic mass is 9.95. The summed E-state index contributed by atoms with van der Waals surface area (Å²) in [6, 6.07) is 14.4. The highest BCUT2D eigenvalue weighted by molar-refractivity contribution is 7.89. The van der Waals surface area contributed by atoms with Crippen molar-refractivity contribution < 1.29 is 13.2 Å². The molecule has 2 aromatic rings. The Labute approximate surface area is 160 Å². The van der Waals surface area contributed by atoms with Crippen molar-refractivity contribution in [1.82, 2.24) is 9.62 Å². The number of nitrogens with one attached hydrogen (secondary N) is 1. The number of likely N-dealkylation sites (tertiary alicyclic amines) is 1. The van der Waals surface area contributed by atoms with Crippen molar-refractivity contribution in [3.8, 4) is 0 Å². The third-order valence-electron chi connectivity index (χ3n) is 4.96. The van der Waals surface area contributed by atoms with Gasteiger partial charge >= 0.3 is 0 Å². The van der Waals surface area contributed by atoms with E-state index in [0.29, 0.717) is 25.2 Å². The smallest absolute Gasteiger partial charge is 0.254 e. The van der Waals surface area contributed by atoms with Gasteiger partial charge in [0.25, 0.3) is 5.91 Å². The molecule has 0 unspecified atom stereocenters. The van der Waals surface area contributed by atoms with E-state index in [4.69, 9.17) is 5.73 Å². The van der Waals surface area contributed by atoms with E-state index in [0.717, 1.165) is 11.1 Å². The quantitative estimate of drug-likeness (QED) is 0.819. The van der Waals surface area contributed by atoms with Gasteiger partial charge in [-0.15, -0.1) is 0 Å². The van der Waals surface area contributed by atoms with Crippen LogP contribution in [0.3, 0.4) is 0 Å². The summed E-state index contributed by atoms with van der Waals surface area (Å²) in [5.41, 5.74) is 8.55. The summed E-state index contributed by atoms with van der Waals surface area (Å²) in [6.45, 7) is 4.78. The van der Waals surface area contributed by atoms with E-state index in [1.165, 1.54) is 12.1 Å². The second-order valence-electron chi connectivity index (χ2n) is 6.87. The lowest BCUT2D eigenvalue weighted by Crippen LogP contribution is -2.32. The first-order valence-corrected chi connectivity index (χ1v) is 10.5. The number of hydrogen-bond acceptors (Lipinski definition) is 4. The molecule has 3 N–H and O–H groups in total. The number of nitrogens with two attached hydrogens (primary N) is 1. The van der Waals surface area contributed by atoms with Crippen LogP contribution in [0.15, 0.2) is 53.4 Å². The topological polar surface area (TPSA) is 92.5 Å². The fourth-order valence-corrected chi connectivity index (χ4v) is 4.56. The van der Waals surface area contributed by atoms with Crippen molar-refractivity contribution in [3.05, 3.63) is 65.2 Å². The Kier molecular flexibility index (Phi) is 5.64. The van der Waals surface area contributed by atoms with E-state index >= 15 is 0 Å². The average Bonchev–Trinajstić information content (AvgIpc) is 3.04. The van der Waals surface area contributed by atoms with E-state index in [-0.39, 0.29) is 22.8 Å². The fraction of sp³-hybridized carbons (Fsp3) is 0.350. The zero-order valence-electron chi connectivity index (χ0n) is 15.6. The molecule has 1 aliphatic rings. The van der Waals surface area contributed by atoms with Crippen molar-refractivity contribution in [2.45, 2.75) is 30.7 Å². The summed E-state index contributed by atoms with van der Waals surface area (Å²) in [4.78, 5) is 14.9. The van der Waals surface area contributed by atoms with Gasteiger partial charge in [0.2, 0.25) is 10.0 Å². The number of hydrogen-bond donors (Lipinski definition) is 2. The number of amides is 1. The molecule has 0 aliphatic carbocycles. The zero-order valence-corrected chi connectivity index (χ0v) is 16.4. The largest absolute Gasteiger partial charge is 0.336 e. The lowest BCUT2D eigenvalue weighted by molar-refractivity contribution is 0.0788. The van der Waals surface area contributed by atoms with Gasteiger partial charge in [0.15, 0.2) is 0 Å². The summed E-state index contributed by atoms with van der Waals surface area (Å²) >= 11 is 0. The molecule has 1 amide bonds. The van der Waals surface area contributed by atoms with E-state index in [1.807, 2.05) is 37.3 Å². The van der Waals surface area contributed by atoms with Crippen LogP contribution in [0.1, 0.15) is 34.3 Å². The third kappa shape index (κ3) is 4.05. The number of benzene rings is 2. The summed E-state index contributed by atoms with van der Waals surface area (Å²) in [6.07, 6.45) is 0. The van der Waals surface area contributed by atoms with E-state index < -0.39 is 10.0 Å². The van der Waals surface area contributed by atoms with Crippen LogP contribution in [0, 0.1) is 6.92 Å². The molecule has 1 saturated heterocycles. The van der Waals surface area contributed by atoms with Gasteiger partial charge in [-0.2, -0.15) is 0 Å². The van der Waals surface area contributed by atoms with Gasteiger partial charge < -0.3 is 10.6 Å². The molecule has 1 aliphatic heterocycles. The van der Waals surface area contributed by atoms with Gasteiger partial charge in [0, 0.05) is 37.2 Å². The second-order valence-corrected chi connectivity index (χ2v) is 8.64. The van der Waals surface area contributed by atoms with Crippen LogP contribution in [-0.2, 0) is 10.0 Å².